The van der Waals surface area contributed by atoms with Crippen molar-refractivity contribution >= 4 is 5.91 Å². The molecule has 0 unspecified atom stereocenters. The normalized spacial score (nSPS) is 22.0. The highest BCUT2D eigenvalue weighted by molar-refractivity contribution is 5.93. The number of aromatic amines is 1. The zero-order valence-electron chi connectivity index (χ0n) is 11.7. The van der Waals surface area contributed by atoms with Crippen LogP contribution >= 0.6 is 0 Å². The molecule has 1 saturated carbocycles. The van der Waals surface area contributed by atoms with Crippen LogP contribution in [0.1, 0.15) is 36.2 Å². The van der Waals surface area contributed by atoms with Crippen LogP contribution < -0.4 is 5.32 Å². The lowest BCUT2D eigenvalue weighted by molar-refractivity contribution is 0.0714. The van der Waals surface area contributed by atoms with Gasteiger partial charge < -0.3 is 10.4 Å². The number of H-pyrrole nitrogens is 1. The minimum Gasteiger partial charge on any atom is -0.391 e. The molecule has 1 aromatic heterocycles. The maximum absolute atomic E-state index is 12.2. The zero-order valence-corrected chi connectivity index (χ0v) is 11.7. The number of carbonyl (C=O) groups is 1. The molecule has 1 aromatic carbocycles. The minimum absolute atomic E-state index is 0.158. The van der Waals surface area contributed by atoms with Crippen molar-refractivity contribution in [3.05, 3.63) is 42.1 Å². The summed E-state index contributed by atoms with van der Waals surface area (Å²) in [7, 11) is 0. The quantitative estimate of drug-likeness (QED) is 0.808. The Kier molecular flexibility index (Phi) is 4.01. The molecule has 5 heteroatoms. The summed E-state index contributed by atoms with van der Waals surface area (Å²) in [6.07, 6.45) is 3.20. The van der Waals surface area contributed by atoms with E-state index < -0.39 is 6.10 Å². The molecule has 2 aromatic rings. The van der Waals surface area contributed by atoms with Crippen molar-refractivity contribution in [1.29, 1.82) is 0 Å². The van der Waals surface area contributed by atoms with E-state index >= 15 is 0 Å². The van der Waals surface area contributed by atoms with E-state index in [2.05, 4.69) is 15.5 Å². The predicted molar refractivity (Wildman–Crippen MR) is 79.8 cm³/mol. The van der Waals surface area contributed by atoms with E-state index in [0.717, 1.165) is 36.9 Å². The van der Waals surface area contributed by atoms with Crippen molar-refractivity contribution in [1.82, 2.24) is 15.5 Å². The van der Waals surface area contributed by atoms with E-state index in [-0.39, 0.29) is 11.9 Å². The van der Waals surface area contributed by atoms with Crippen molar-refractivity contribution in [3.8, 4) is 11.3 Å². The lowest BCUT2D eigenvalue weighted by Crippen LogP contribution is -2.45. The Hall–Kier alpha value is -2.14. The zero-order chi connectivity index (χ0) is 14.7. The van der Waals surface area contributed by atoms with Crippen LogP contribution in [0.15, 0.2) is 36.4 Å². The van der Waals surface area contributed by atoms with Gasteiger partial charge in [0.25, 0.3) is 5.91 Å². The highest BCUT2D eigenvalue weighted by Gasteiger charge is 2.25. The van der Waals surface area contributed by atoms with Crippen molar-refractivity contribution < 1.29 is 9.90 Å². The van der Waals surface area contributed by atoms with Gasteiger partial charge in [-0.3, -0.25) is 9.89 Å². The van der Waals surface area contributed by atoms with Crippen LogP contribution in [0.4, 0.5) is 0 Å². The van der Waals surface area contributed by atoms with E-state index in [0.29, 0.717) is 5.69 Å². The maximum atomic E-state index is 12.2. The third-order valence-electron chi connectivity index (χ3n) is 3.94. The van der Waals surface area contributed by atoms with Gasteiger partial charge in [0.1, 0.15) is 5.69 Å². The molecule has 21 heavy (non-hydrogen) atoms. The Bertz CT molecular complexity index is 609. The second-order valence-electron chi connectivity index (χ2n) is 5.46. The molecule has 110 valence electrons. The first-order valence-corrected chi connectivity index (χ1v) is 7.34. The minimum atomic E-state index is -0.445. The molecule has 1 aliphatic rings. The highest BCUT2D eigenvalue weighted by Crippen LogP contribution is 2.20. The fourth-order valence-corrected chi connectivity index (χ4v) is 2.72. The van der Waals surface area contributed by atoms with Crippen molar-refractivity contribution in [3.63, 3.8) is 0 Å². The number of aliphatic hydroxyl groups excluding tert-OH is 1. The second kappa shape index (κ2) is 6.10. The van der Waals surface area contributed by atoms with Gasteiger partial charge in [0.2, 0.25) is 0 Å². The molecule has 5 nitrogen and oxygen atoms in total. The first kappa shape index (κ1) is 13.8. The van der Waals surface area contributed by atoms with Crippen molar-refractivity contribution in [2.24, 2.45) is 0 Å². The molecule has 0 radical (unpaired) electrons. The molecule has 0 aliphatic heterocycles. The molecule has 1 amide bonds. The molecule has 0 bridgehead atoms. The van der Waals surface area contributed by atoms with Gasteiger partial charge in [0.15, 0.2) is 0 Å². The SMILES string of the molecule is O=C(N[C@H]1CCCC[C@@H]1O)c1cc(-c2ccccc2)n[nH]1. The van der Waals surface area contributed by atoms with E-state index in [4.69, 9.17) is 0 Å². The number of amides is 1. The molecule has 2 atom stereocenters. The summed E-state index contributed by atoms with van der Waals surface area (Å²) in [5.41, 5.74) is 2.13. The third kappa shape index (κ3) is 3.13. The molecule has 1 aliphatic carbocycles. The van der Waals surface area contributed by atoms with E-state index in [1.807, 2.05) is 30.3 Å². The summed E-state index contributed by atoms with van der Waals surface area (Å²) in [6.45, 7) is 0. The van der Waals surface area contributed by atoms with Gasteiger partial charge in [-0.1, -0.05) is 43.2 Å². The third-order valence-corrected chi connectivity index (χ3v) is 3.94. The summed E-state index contributed by atoms with van der Waals surface area (Å²) in [4.78, 5) is 12.2. The maximum Gasteiger partial charge on any atom is 0.269 e. The Morgan fingerprint density at radius 3 is 2.76 bits per heavy atom. The molecule has 1 heterocycles. The number of rotatable bonds is 3. The van der Waals surface area contributed by atoms with E-state index in [1.165, 1.54) is 0 Å². The molecular formula is C16H19N3O2. The number of aliphatic hydroxyl groups is 1. The van der Waals surface area contributed by atoms with Crippen LogP contribution in [-0.2, 0) is 0 Å². The van der Waals surface area contributed by atoms with Crippen LogP contribution in [0.5, 0.6) is 0 Å². The number of hydrogen-bond acceptors (Lipinski definition) is 3. The average molecular weight is 285 g/mol. The predicted octanol–water partition coefficient (Wildman–Crippen LogP) is 2.11. The number of carbonyl (C=O) groups excluding carboxylic acids is 1. The summed E-state index contributed by atoms with van der Waals surface area (Å²) in [6, 6.07) is 11.3. The summed E-state index contributed by atoms with van der Waals surface area (Å²) in [5, 5.41) is 19.7. The smallest absolute Gasteiger partial charge is 0.269 e. The van der Waals surface area contributed by atoms with Crippen LogP contribution in [-0.4, -0.2) is 33.4 Å². The Morgan fingerprint density at radius 1 is 1.24 bits per heavy atom. The summed E-state index contributed by atoms with van der Waals surface area (Å²) >= 11 is 0. The standard InChI is InChI=1S/C16H19N3O2/c20-15-9-5-4-8-12(15)17-16(21)14-10-13(18-19-14)11-6-2-1-3-7-11/h1-3,6-7,10,12,15,20H,4-5,8-9H2,(H,17,21)(H,18,19)/t12-,15-/m0/s1. The van der Waals surface area contributed by atoms with Gasteiger partial charge in [0, 0.05) is 5.56 Å². The number of nitrogens with one attached hydrogen (secondary N) is 2. The fraction of sp³-hybridized carbons (Fsp3) is 0.375. The molecule has 0 spiro atoms. The van der Waals surface area contributed by atoms with Crippen LogP contribution in [0.25, 0.3) is 11.3 Å². The first-order valence-electron chi connectivity index (χ1n) is 7.34. The fourth-order valence-electron chi connectivity index (χ4n) is 2.72. The number of benzene rings is 1. The van der Waals surface area contributed by atoms with Gasteiger partial charge in [-0.25, -0.2) is 0 Å². The largest absolute Gasteiger partial charge is 0.391 e. The first-order chi connectivity index (χ1) is 10.2. The monoisotopic (exact) mass is 285 g/mol. The topological polar surface area (TPSA) is 78.0 Å². The van der Waals surface area contributed by atoms with Crippen molar-refractivity contribution in [2.75, 3.05) is 0 Å². The number of hydrogen-bond donors (Lipinski definition) is 3. The highest BCUT2D eigenvalue weighted by atomic mass is 16.3. The molecule has 0 saturated heterocycles. The lowest BCUT2D eigenvalue weighted by Gasteiger charge is -2.28. The molecule has 3 N–H and O–H groups in total. The van der Waals surface area contributed by atoms with Crippen molar-refractivity contribution in [2.45, 2.75) is 37.8 Å². The van der Waals surface area contributed by atoms with Gasteiger partial charge in [-0.05, 0) is 18.9 Å². The van der Waals surface area contributed by atoms with Gasteiger partial charge in [0.05, 0.1) is 17.8 Å². The molecule has 1 fully saturated rings. The Balaban J connectivity index is 1.69. The number of nitrogens with zero attached hydrogens (tertiary/aromatic N) is 1. The van der Waals surface area contributed by atoms with Crippen LogP contribution in [0, 0.1) is 0 Å². The van der Waals surface area contributed by atoms with Gasteiger partial charge in [-0.2, -0.15) is 5.10 Å². The second-order valence-corrected chi connectivity index (χ2v) is 5.46. The van der Waals surface area contributed by atoms with Gasteiger partial charge >= 0.3 is 0 Å². The number of aromatic nitrogens is 2. The average Bonchev–Trinajstić information content (AvgIpc) is 3.00. The molecule has 3 rings (SSSR count). The summed E-state index contributed by atoms with van der Waals surface area (Å²) in [5.74, 6) is -0.212. The molecular weight excluding hydrogens is 266 g/mol. The lowest BCUT2D eigenvalue weighted by atomic mass is 9.92. The van der Waals surface area contributed by atoms with Crippen LogP contribution in [0.3, 0.4) is 0 Å². The van der Waals surface area contributed by atoms with E-state index in [1.54, 1.807) is 6.07 Å². The summed E-state index contributed by atoms with van der Waals surface area (Å²) < 4.78 is 0. The Morgan fingerprint density at radius 2 is 2.00 bits per heavy atom. The van der Waals surface area contributed by atoms with Gasteiger partial charge in [-0.15, -0.1) is 0 Å². The van der Waals surface area contributed by atoms with Crippen LogP contribution in [0.2, 0.25) is 0 Å². The Labute approximate surface area is 123 Å². The van der Waals surface area contributed by atoms with E-state index in [9.17, 15) is 9.90 Å².